The van der Waals surface area contributed by atoms with Gasteiger partial charge in [-0.25, -0.2) is 0 Å². The predicted octanol–water partition coefficient (Wildman–Crippen LogP) is 3.97. The van der Waals surface area contributed by atoms with Crippen molar-refractivity contribution in [3.8, 4) is 0 Å². The van der Waals surface area contributed by atoms with Crippen molar-refractivity contribution in [2.24, 2.45) is 0 Å². The molecule has 23 heavy (non-hydrogen) atoms. The fourth-order valence-corrected chi connectivity index (χ4v) is 2.70. The Morgan fingerprint density at radius 1 is 1.17 bits per heavy atom. The fourth-order valence-electron chi connectivity index (χ4n) is 2.43. The van der Waals surface area contributed by atoms with Gasteiger partial charge in [0.15, 0.2) is 0 Å². The van der Waals surface area contributed by atoms with Crippen molar-refractivity contribution < 1.29 is 9.90 Å². The maximum Gasteiger partial charge on any atom is 0.220 e. The molecule has 2 rings (SSSR count). The predicted molar refractivity (Wildman–Crippen MR) is 96.2 cm³/mol. The lowest BCUT2D eigenvalue weighted by Gasteiger charge is -2.24. The molecule has 0 spiro atoms. The molecular weight excluding hydrogens is 354 g/mol. The Morgan fingerprint density at radius 3 is 2.39 bits per heavy atom. The van der Waals surface area contributed by atoms with Crippen LogP contribution in [-0.4, -0.2) is 17.6 Å². The van der Waals surface area contributed by atoms with E-state index in [1.807, 2.05) is 61.5 Å². The third-order valence-electron chi connectivity index (χ3n) is 3.96. The average Bonchev–Trinajstić information content (AvgIpc) is 2.54. The van der Waals surface area contributed by atoms with Crippen LogP contribution >= 0.6 is 15.9 Å². The van der Waals surface area contributed by atoms with E-state index in [4.69, 9.17) is 0 Å². The summed E-state index contributed by atoms with van der Waals surface area (Å²) in [4.78, 5) is 12.1. The third-order valence-corrected chi connectivity index (χ3v) is 4.48. The highest BCUT2D eigenvalue weighted by atomic mass is 79.9. The normalized spacial score (nSPS) is 14.8. The van der Waals surface area contributed by atoms with E-state index < -0.39 is 5.60 Å². The Bertz CT molecular complexity index is 638. The summed E-state index contributed by atoms with van der Waals surface area (Å²) in [5, 5.41) is 13.4. The van der Waals surface area contributed by atoms with E-state index in [0.717, 1.165) is 15.6 Å². The number of amides is 1. The van der Waals surface area contributed by atoms with Crippen LogP contribution in [0.25, 0.3) is 0 Å². The minimum Gasteiger partial charge on any atom is -0.384 e. The van der Waals surface area contributed by atoms with Gasteiger partial charge in [0.2, 0.25) is 5.91 Å². The van der Waals surface area contributed by atoms with Gasteiger partial charge < -0.3 is 10.4 Å². The molecular formula is C19H22BrNO2. The summed E-state index contributed by atoms with van der Waals surface area (Å²) in [7, 11) is 0. The number of hydrogen-bond donors (Lipinski definition) is 2. The summed E-state index contributed by atoms with van der Waals surface area (Å²) in [5.74, 6) is 0.0903. The van der Waals surface area contributed by atoms with Crippen LogP contribution in [0.15, 0.2) is 59.1 Å². The van der Waals surface area contributed by atoms with Crippen LogP contribution in [0.3, 0.4) is 0 Å². The van der Waals surface area contributed by atoms with Crippen LogP contribution in [0.2, 0.25) is 0 Å². The van der Waals surface area contributed by atoms with Crippen molar-refractivity contribution >= 4 is 21.8 Å². The average molecular weight is 376 g/mol. The molecule has 0 fully saturated rings. The monoisotopic (exact) mass is 375 g/mol. The molecule has 2 unspecified atom stereocenters. The van der Waals surface area contributed by atoms with Crippen LogP contribution in [0, 0.1) is 0 Å². The topological polar surface area (TPSA) is 49.3 Å². The minimum atomic E-state index is -1.09. The van der Waals surface area contributed by atoms with Gasteiger partial charge in [-0.3, -0.25) is 4.79 Å². The van der Waals surface area contributed by atoms with Gasteiger partial charge in [0.05, 0.1) is 6.54 Å². The van der Waals surface area contributed by atoms with Gasteiger partial charge in [0.25, 0.3) is 0 Å². The van der Waals surface area contributed by atoms with Gasteiger partial charge >= 0.3 is 0 Å². The van der Waals surface area contributed by atoms with Crippen LogP contribution in [0.4, 0.5) is 0 Å². The molecule has 2 N–H and O–H groups in total. The summed E-state index contributed by atoms with van der Waals surface area (Å²) >= 11 is 3.37. The Balaban J connectivity index is 1.89. The van der Waals surface area contributed by atoms with Crippen LogP contribution < -0.4 is 5.32 Å². The molecule has 0 heterocycles. The second-order valence-corrected chi connectivity index (χ2v) is 6.99. The summed E-state index contributed by atoms with van der Waals surface area (Å²) in [5.41, 5.74) is 0.825. The van der Waals surface area contributed by atoms with Gasteiger partial charge in [0, 0.05) is 10.9 Å². The molecule has 0 radical (unpaired) electrons. The van der Waals surface area contributed by atoms with E-state index >= 15 is 0 Å². The Kier molecular flexibility index (Phi) is 5.97. The van der Waals surface area contributed by atoms with Crippen molar-refractivity contribution in [1.82, 2.24) is 5.32 Å². The van der Waals surface area contributed by atoms with E-state index in [9.17, 15) is 9.90 Å². The first-order valence-corrected chi connectivity index (χ1v) is 8.48. The highest BCUT2D eigenvalue weighted by molar-refractivity contribution is 9.10. The van der Waals surface area contributed by atoms with Crippen molar-refractivity contribution in [3.05, 3.63) is 70.2 Å². The highest BCUT2D eigenvalue weighted by Crippen LogP contribution is 2.22. The number of halogens is 1. The lowest BCUT2D eigenvalue weighted by atomic mass is 9.95. The molecule has 0 saturated heterocycles. The van der Waals surface area contributed by atoms with Crippen molar-refractivity contribution in [2.75, 3.05) is 6.54 Å². The molecule has 2 aromatic rings. The lowest BCUT2D eigenvalue weighted by Crippen LogP contribution is -2.38. The number of nitrogens with one attached hydrogen (secondary N) is 1. The van der Waals surface area contributed by atoms with Gasteiger partial charge in [0.1, 0.15) is 5.60 Å². The van der Waals surface area contributed by atoms with Crippen LogP contribution in [-0.2, 0) is 10.4 Å². The SMILES string of the molecule is CC(CC(=O)NCC(C)(O)c1ccc(Br)cc1)c1ccccc1. The Morgan fingerprint density at radius 2 is 1.78 bits per heavy atom. The number of carbonyl (C=O) groups is 1. The second-order valence-electron chi connectivity index (χ2n) is 6.07. The Hall–Kier alpha value is -1.65. The van der Waals surface area contributed by atoms with E-state index in [2.05, 4.69) is 21.2 Å². The lowest BCUT2D eigenvalue weighted by molar-refractivity contribution is -0.122. The summed E-state index contributed by atoms with van der Waals surface area (Å²) in [6, 6.07) is 17.4. The quantitative estimate of drug-likeness (QED) is 0.802. The summed E-state index contributed by atoms with van der Waals surface area (Å²) in [6.07, 6.45) is 0.403. The smallest absolute Gasteiger partial charge is 0.220 e. The van der Waals surface area contributed by atoms with Gasteiger partial charge in [-0.15, -0.1) is 0 Å². The van der Waals surface area contributed by atoms with Crippen LogP contribution in [0.1, 0.15) is 37.3 Å². The Labute approximate surface area is 145 Å². The number of benzene rings is 2. The number of rotatable bonds is 6. The molecule has 4 heteroatoms. The fraction of sp³-hybridized carbons (Fsp3) is 0.316. The first kappa shape index (κ1) is 17.7. The minimum absolute atomic E-state index is 0.0567. The van der Waals surface area contributed by atoms with Gasteiger partial charge in [-0.2, -0.15) is 0 Å². The van der Waals surface area contributed by atoms with Crippen molar-refractivity contribution in [3.63, 3.8) is 0 Å². The molecule has 0 bridgehead atoms. The second kappa shape index (κ2) is 7.75. The molecule has 1 amide bonds. The highest BCUT2D eigenvalue weighted by Gasteiger charge is 2.24. The van der Waals surface area contributed by atoms with E-state index in [1.54, 1.807) is 6.92 Å². The number of hydrogen-bond acceptors (Lipinski definition) is 2. The van der Waals surface area contributed by atoms with E-state index in [0.29, 0.717) is 6.42 Å². The third kappa shape index (κ3) is 5.19. The van der Waals surface area contributed by atoms with Gasteiger partial charge in [-0.05, 0) is 36.1 Å². The molecule has 122 valence electrons. The first-order valence-electron chi connectivity index (χ1n) is 7.68. The van der Waals surface area contributed by atoms with E-state index in [1.165, 1.54) is 0 Å². The zero-order chi connectivity index (χ0) is 16.9. The van der Waals surface area contributed by atoms with Crippen LogP contribution in [0.5, 0.6) is 0 Å². The molecule has 0 aliphatic heterocycles. The largest absolute Gasteiger partial charge is 0.384 e. The molecule has 0 aliphatic rings. The molecule has 2 aromatic carbocycles. The van der Waals surface area contributed by atoms with E-state index in [-0.39, 0.29) is 18.4 Å². The molecule has 0 aliphatic carbocycles. The number of aliphatic hydroxyl groups is 1. The maximum absolute atomic E-state index is 12.1. The molecule has 3 nitrogen and oxygen atoms in total. The van der Waals surface area contributed by atoms with Crippen molar-refractivity contribution in [1.29, 1.82) is 0 Å². The summed E-state index contributed by atoms with van der Waals surface area (Å²) in [6.45, 7) is 3.92. The molecule has 0 saturated carbocycles. The molecule has 0 aromatic heterocycles. The zero-order valence-electron chi connectivity index (χ0n) is 13.4. The molecule has 2 atom stereocenters. The standard InChI is InChI=1S/C19H22BrNO2/c1-14(15-6-4-3-5-7-15)12-18(22)21-13-19(2,23)16-8-10-17(20)11-9-16/h3-11,14,23H,12-13H2,1-2H3,(H,21,22). The zero-order valence-corrected chi connectivity index (χ0v) is 15.0. The van der Waals surface area contributed by atoms with Gasteiger partial charge in [-0.1, -0.05) is 65.3 Å². The number of carbonyl (C=O) groups excluding carboxylic acids is 1. The summed E-state index contributed by atoms with van der Waals surface area (Å²) < 4.78 is 0.956. The first-order chi connectivity index (χ1) is 10.9. The van der Waals surface area contributed by atoms with Crippen molar-refractivity contribution in [2.45, 2.75) is 31.8 Å². The maximum atomic E-state index is 12.1.